The first-order valence-electron chi connectivity index (χ1n) is 21.9. The normalized spacial score (nSPS) is 22.3. The molecule has 4 fully saturated rings. The summed E-state index contributed by atoms with van der Waals surface area (Å²) in [6.45, 7) is 10.6. The Morgan fingerprint density at radius 1 is 0.937 bits per heavy atom. The van der Waals surface area contributed by atoms with Crippen LogP contribution in [-0.4, -0.2) is 138 Å². The van der Waals surface area contributed by atoms with Crippen LogP contribution in [0, 0.1) is 11.3 Å². The molecule has 4 atom stereocenters. The topological polar surface area (TPSA) is 162 Å². The van der Waals surface area contributed by atoms with Crippen LogP contribution in [0.3, 0.4) is 0 Å². The molecule has 0 radical (unpaired) electrons. The maximum atomic E-state index is 13.7. The molecular formula is C45H59F3N8O7. The van der Waals surface area contributed by atoms with Gasteiger partial charge in [-0.2, -0.15) is 0 Å². The predicted octanol–water partition coefficient (Wildman–Crippen LogP) is 7.03. The maximum Gasteiger partial charge on any atom is 0.573 e. The number of amides is 5. The molecule has 342 valence electrons. The number of ether oxygens (including phenoxy) is 3. The smallest absolute Gasteiger partial charge is 0.453 e. The Labute approximate surface area is 366 Å². The number of halogens is 3. The predicted molar refractivity (Wildman–Crippen MR) is 229 cm³/mol. The van der Waals surface area contributed by atoms with Crippen molar-refractivity contribution in [3.8, 4) is 28.1 Å². The van der Waals surface area contributed by atoms with Crippen LogP contribution in [0.4, 0.5) is 28.4 Å². The molecule has 18 heteroatoms. The molecule has 3 aromatic rings. The van der Waals surface area contributed by atoms with Crippen LogP contribution < -0.4 is 15.4 Å². The van der Waals surface area contributed by atoms with Crippen molar-refractivity contribution < 1.29 is 46.6 Å². The number of anilines is 1. The minimum Gasteiger partial charge on any atom is -0.453 e. The van der Waals surface area contributed by atoms with Crippen LogP contribution in [0.1, 0.15) is 77.6 Å². The molecule has 3 saturated heterocycles. The number of nitrogens with zero attached hydrogens (tertiary/aromatic N) is 5. The third kappa shape index (κ3) is 10.7. The number of hydrogen-bond acceptors (Lipinski definition) is 9. The summed E-state index contributed by atoms with van der Waals surface area (Å²) in [6.07, 6.45) is 0.582. The van der Waals surface area contributed by atoms with Gasteiger partial charge in [-0.1, -0.05) is 45.0 Å². The number of alkyl halides is 3. The van der Waals surface area contributed by atoms with Gasteiger partial charge in [-0.3, -0.25) is 14.5 Å². The van der Waals surface area contributed by atoms with Crippen LogP contribution in [0.2, 0.25) is 0 Å². The van der Waals surface area contributed by atoms with Gasteiger partial charge in [-0.05, 0) is 55.2 Å². The van der Waals surface area contributed by atoms with E-state index in [-0.39, 0.29) is 46.9 Å². The van der Waals surface area contributed by atoms with E-state index >= 15 is 0 Å². The molecule has 15 nitrogen and oxygen atoms in total. The highest BCUT2D eigenvalue weighted by molar-refractivity contribution is 5.90. The number of benzene rings is 2. The fraction of sp³-hybridized carbons (Fsp3) is 0.578. The molecule has 0 bridgehead atoms. The monoisotopic (exact) mass is 880 g/mol. The SMILES string of the molecule is CCC(CC(=O)N1C[C@@H](OC)C[C@H]1c1nc(-c2ccc(-c3ccc(NC(=O)N4CCC(N5CCN(C(=O)[C@H]6CCC6(C)C)CC5)CC4)cc3OC(F)(F)F)cc2)c[nH]1)NC(=O)OC. The van der Waals surface area contributed by atoms with Crippen molar-refractivity contribution in [2.75, 3.05) is 65.3 Å². The van der Waals surface area contributed by atoms with Crippen molar-refractivity contribution in [2.24, 2.45) is 11.3 Å². The van der Waals surface area contributed by atoms with Crippen molar-refractivity contribution >= 4 is 29.6 Å². The zero-order chi connectivity index (χ0) is 45.1. The van der Waals surface area contributed by atoms with Crippen molar-refractivity contribution in [2.45, 2.75) is 96.3 Å². The number of carbonyl (C=O) groups is 4. The van der Waals surface area contributed by atoms with Gasteiger partial charge >= 0.3 is 18.5 Å². The van der Waals surface area contributed by atoms with Gasteiger partial charge in [0.2, 0.25) is 11.8 Å². The summed E-state index contributed by atoms with van der Waals surface area (Å²) in [5, 5.41) is 5.46. The Kier molecular flexibility index (Phi) is 13.9. The van der Waals surface area contributed by atoms with Gasteiger partial charge in [-0.25, -0.2) is 14.6 Å². The summed E-state index contributed by atoms with van der Waals surface area (Å²) in [5.41, 5.74) is 2.13. The number of alkyl carbamates (subject to hydrolysis) is 1. The third-order valence-corrected chi connectivity index (χ3v) is 13.4. The number of piperazine rings is 1. The second-order valence-electron chi connectivity index (χ2n) is 17.7. The van der Waals surface area contributed by atoms with E-state index in [1.165, 1.54) is 19.2 Å². The number of aromatic amines is 1. The lowest BCUT2D eigenvalue weighted by Gasteiger charge is -2.48. The fourth-order valence-corrected chi connectivity index (χ4v) is 9.37. The molecule has 1 saturated carbocycles. The lowest BCUT2D eigenvalue weighted by molar-refractivity contribution is -0.274. The minimum atomic E-state index is -4.98. The highest BCUT2D eigenvalue weighted by Crippen LogP contribution is 2.47. The van der Waals surface area contributed by atoms with E-state index in [0.29, 0.717) is 74.3 Å². The Morgan fingerprint density at radius 2 is 1.63 bits per heavy atom. The number of aromatic nitrogens is 2. The van der Waals surface area contributed by atoms with E-state index in [2.05, 4.69) is 39.1 Å². The summed E-state index contributed by atoms with van der Waals surface area (Å²) >= 11 is 0. The highest BCUT2D eigenvalue weighted by atomic mass is 19.4. The molecule has 1 aliphatic carbocycles. The van der Waals surface area contributed by atoms with E-state index in [1.807, 2.05) is 11.8 Å². The first-order valence-corrected chi connectivity index (χ1v) is 21.9. The number of hydrogen-bond donors (Lipinski definition) is 3. The molecule has 63 heavy (non-hydrogen) atoms. The van der Waals surface area contributed by atoms with Gasteiger partial charge in [0.05, 0.1) is 24.9 Å². The van der Waals surface area contributed by atoms with Gasteiger partial charge in [0.25, 0.3) is 0 Å². The highest BCUT2D eigenvalue weighted by Gasteiger charge is 2.45. The fourth-order valence-electron chi connectivity index (χ4n) is 9.37. The van der Waals surface area contributed by atoms with Gasteiger partial charge in [0, 0.05) is 113 Å². The van der Waals surface area contributed by atoms with Crippen LogP contribution in [0.5, 0.6) is 5.75 Å². The maximum absolute atomic E-state index is 13.7. The number of imidazole rings is 1. The third-order valence-electron chi connectivity index (χ3n) is 13.4. The Balaban J connectivity index is 0.962. The average Bonchev–Trinajstić information content (AvgIpc) is 3.94. The van der Waals surface area contributed by atoms with Gasteiger partial charge in [0.15, 0.2) is 0 Å². The quantitative estimate of drug-likeness (QED) is 0.174. The number of likely N-dealkylation sites (tertiary alicyclic amines) is 2. The Hall–Kier alpha value is -5.36. The van der Waals surface area contributed by atoms with Crippen molar-refractivity contribution in [1.29, 1.82) is 0 Å². The van der Waals surface area contributed by atoms with Crippen molar-refractivity contribution in [3.63, 3.8) is 0 Å². The lowest BCUT2D eigenvalue weighted by Crippen LogP contribution is -2.57. The summed E-state index contributed by atoms with van der Waals surface area (Å²) < 4.78 is 56.0. The molecule has 3 aliphatic heterocycles. The van der Waals surface area contributed by atoms with E-state index in [0.717, 1.165) is 38.8 Å². The van der Waals surface area contributed by atoms with E-state index in [9.17, 15) is 32.3 Å². The van der Waals surface area contributed by atoms with E-state index in [4.69, 9.17) is 14.5 Å². The summed E-state index contributed by atoms with van der Waals surface area (Å²) in [6, 6.07) is 10.1. The van der Waals surface area contributed by atoms with Crippen LogP contribution >= 0.6 is 0 Å². The Morgan fingerprint density at radius 3 is 2.24 bits per heavy atom. The average molecular weight is 881 g/mol. The zero-order valence-corrected chi connectivity index (χ0v) is 36.6. The van der Waals surface area contributed by atoms with E-state index in [1.54, 1.807) is 53.4 Å². The van der Waals surface area contributed by atoms with Gasteiger partial charge in [-0.15, -0.1) is 13.2 Å². The molecule has 2 aromatic carbocycles. The standard InChI is InChI=1S/C45H59F3N8O7/c1-6-30(51-43(60)62-5)24-39(57)56-27-33(61-4)25-37(56)40-49-26-36(52-40)29-9-7-28(8-10-29)34-12-11-31(23-38(34)63-45(46,47)48)50-42(59)55-17-14-32(15-18-55)53-19-21-54(22-20-53)41(58)35-13-16-44(35,2)3/h7-12,23,26,30,32-33,35,37H,6,13-22,24-25,27H2,1-5H3,(H,49,52)(H,50,59)(H,51,60)/t30?,33-,35+,37-/m0/s1. The lowest BCUT2D eigenvalue weighted by atomic mass is 9.62. The molecule has 7 rings (SSSR count). The molecule has 1 aromatic heterocycles. The molecule has 5 amide bonds. The van der Waals surface area contributed by atoms with Crippen LogP contribution in [0.25, 0.3) is 22.4 Å². The second kappa shape index (κ2) is 19.2. The first kappa shape index (κ1) is 45.7. The number of rotatable bonds is 12. The molecular weight excluding hydrogens is 822 g/mol. The number of H-pyrrole nitrogens is 1. The van der Waals surface area contributed by atoms with E-state index < -0.39 is 36.3 Å². The molecule has 4 aliphatic rings. The first-order chi connectivity index (χ1) is 30.0. The van der Waals surface area contributed by atoms with Crippen LogP contribution in [0.15, 0.2) is 48.7 Å². The zero-order valence-electron chi connectivity index (χ0n) is 36.6. The molecule has 1 unspecified atom stereocenters. The minimum absolute atomic E-state index is 0.0728. The van der Waals surface area contributed by atoms with Crippen molar-refractivity contribution in [1.82, 2.24) is 34.9 Å². The number of piperidine rings is 1. The summed E-state index contributed by atoms with van der Waals surface area (Å²) in [5.74, 6) is 0.304. The number of nitrogens with one attached hydrogen (secondary N) is 3. The molecule has 4 heterocycles. The van der Waals surface area contributed by atoms with Crippen molar-refractivity contribution in [3.05, 3.63) is 54.5 Å². The number of methoxy groups -OCH3 is 2. The van der Waals surface area contributed by atoms with Gasteiger partial charge in [0.1, 0.15) is 11.6 Å². The Bertz CT molecular complexity index is 2100. The largest absolute Gasteiger partial charge is 0.573 e. The number of carbonyl (C=O) groups excluding carboxylic acids is 4. The summed E-state index contributed by atoms with van der Waals surface area (Å²) in [4.78, 5) is 67.5. The molecule has 0 spiro atoms. The van der Waals surface area contributed by atoms with Gasteiger partial charge < -0.3 is 44.5 Å². The number of urea groups is 1. The van der Waals surface area contributed by atoms with Crippen LogP contribution in [-0.2, 0) is 19.1 Å². The molecule has 3 N–H and O–H groups in total. The second-order valence-corrected chi connectivity index (χ2v) is 17.7. The summed E-state index contributed by atoms with van der Waals surface area (Å²) in [7, 11) is 2.85.